The van der Waals surface area contributed by atoms with Crippen LogP contribution in [0.15, 0.2) is 48.8 Å². The Morgan fingerprint density at radius 3 is 2.43 bits per heavy atom. The average molecular weight is 333 g/mol. The predicted octanol–water partition coefficient (Wildman–Crippen LogP) is 2.04. The van der Waals surface area contributed by atoms with Gasteiger partial charge in [-0.1, -0.05) is 6.07 Å². The predicted molar refractivity (Wildman–Crippen MR) is 93.5 cm³/mol. The highest BCUT2D eigenvalue weighted by atomic mass is 35.5. The normalized spacial score (nSPS) is 15.0. The van der Waals surface area contributed by atoms with E-state index in [9.17, 15) is 4.79 Å². The van der Waals surface area contributed by atoms with E-state index >= 15 is 0 Å². The highest BCUT2D eigenvalue weighted by Gasteiger charge is 2.22. The van der Waals surface area contributed by atoms with Crippen LogP contribution in [-0.2, 0) is 6.54 Å². The number of nitrogens with two attached hydrogens (primary N) is 1. The summed E-state index contributed by atoms with van der Waals surface area (Å²) in [6.45, 7) is 4.17. The zero-order valence-electron chi connectivity index (χ0n) is 12.9. The van der Waals surface area contributed by atoms with Crippen molar-refractivity contribution in [3.05, 3.63) is 59.9 Å². The number of pyridine rings is 1. The first kappa shape index (κ1) is 17.2. The van der Waals surface area contributed by atoms with Crippen LogP contribution in [-0.4, -0.2) is 46.9 Å². The molecule has 2 N–H and O–H groups in total. The number of amides is 1. The molecule has 1 aromatic heterocycles. The molecule has 0 aliphatic carbocycles. The van der Waals surface area contributed by atoms with Gasteiger partial charge in [0.05, 0.1) is 0 Å². The molecule has 1 aliphatic rings. The third-order valence-corrected chi connectivity index (χ3v) is 3.95. The summed E-state index contributed by atoms with van der Waals surface area (Å²) in [5, 5.41) is 0. The van der Waals surface area contributed by atoms with Crippen LogP contribution in [0, 0.1) is 0 Å². The zero-order valence-corrected chi connectivity index (χ0v) is 13.7. The zero-order chi connectivity index (χ0) is 15.4. The Balaban J connectivity index is 0.00000192. The van der Waals surface area contributed by atoms with Crippen LogP contribution in [0.2, 0.25) is 0 Å². The minimum absolute atomic E-state index is 0. The van der Waals surface area contributed by atoms with E-state index in [1.54, 1.807) is 12.1 Å². The Morgan fingerprint density at radius 2 is 1.78 bits per heavy atom. The molecule has 0 unspecified atom stereocenters. The molecule has 1 saturated heterocycles. The van der Waals surface area contributed by atoms with Crippen molar-refractivity contribution in [2.75, 3.05) is 31.9 Å². The fourth-order valence-corrected chi connectivity index (χ4v) is 2.71. The lowest BCUT2D eigenvalue weighted by molar-refractivity contribution is 0.0628. The van der Waals surface area contributed by atoms with Gasteiger partial charge in [-0.05, 0) is 35.9 Å². The van der Waals surface area contributed by atoms with Crippen molar-refractivity contribution in [1.82, 2.24) is 14.8 Å². The van der Waals surface area contributed by atoms with Crippen LogP contribution >= 0.6 is 12.4 Å². The highest BCUT2D eigenvalue weighted by molar-refractivity contribution is 5.95. The maximum absolute atomic E-state index is 12.5. The molecule has 5 nitrogen and oxygen atoms in total. The first-order valence-corrected chi connectivity index (χ1v) is 7.48. The number of carbonyl (C=O) groups is 1. The largest absolute Gasteiger partial charge is 0.399 e. The topological polar surface area (TPSA) is 62.5 Å². The lowest BCUT2D eigenvalue weighted by Gasteiger charge is -2.34. The average Bonchev–Trinajstić information content (AvgIpc) is 2.56. The van der Waals surface area contributed by atoms with Gasteiger partial charge in [-0.2, -0.15) is 0 Å². The third-order valence-electron chi connectivity index (χ3n) is 3.95. The second-order valence-electron chi connectivity index (χ2n) is 5.55. The number of carbonyl (C=O) groups excluding carboxylic acids is 1. The summed E-state index contributed by atoms with van der Waals surface area (Å²) in [4.78, 5) is 20.8. The van der Waals surface area contributed by atoms with Gasteiger partial charge in [0.15, 0.2) is 0 Å². The molecule has 2 aromatic rings. The van der Waals surface area contributed by atoms with E-state index < -0.39 is 0 Å². The molecule has 0 bridgehead atoms. The number of anilines is 1. The summed E-state index contributed by atoms with van der Waals surface area (Å²) in [7, 11) is 0. The van der Waals surface area contributed by atoms with Crippen molar-refractivity contribution in [2.45, 2.75) is 6.54 Å². The van der Waals surface area contributed by atoms with Crippen molar-refractivity contribution in [2.24, 2.45) is 0 Å². The quantitative estimate of drug-likeness (QED) is 0.874. The second-order valence-corrected chi connectivity index (χ2v) is 5.55. The summed E-state index contributed by atoms with van der Waals surface area (Å²) in [6, 6.07) is 11.2. The number of hydrogen-bond acceptors (Lipinski definition) is 4. The van der Waals surface area contributed by atoms with Gasteiger partial charge in [0.1, 0.15) is 0 Å². The number of nitrogen functional groups attached to an aromatic ring is 1. The molecule has 2 heterocycles. The number of hydrogen-bond donors (Lipinski definition) is 1. The summed E-state index contributed by atoms with van der Waals surface area (Å²) in [5.41, 5.74) is 8.30. The summed E-state index contributed by atoms with van der Waals surface area (Å²) < 4.78 is 0. The Bertz CT molecular complexity index is 642. The van der Waals surface area contributed by atoms with Gasteiger partial charge in [0.25, 0.3) is 5.91 Å². The fourth-order valence-electron chi connectivity index (χ4n) is 2.71. The lowest BCUT2D eigenvalue weighted by Crippen LogP contribution is -2.48. The smallest absolute Gasteiger partial charge is 0.254 e. The lowest BCUT2D eigenvalue weighted by atomic mass is 10.1. The van der Waals surface area contributed by atoms with E-state index in [0.717, 1.165) is 32.7 Å². The molecule has 1 fully saturated rings. The van der Waals surface area contributed by atoms with Gasteiger partial charge in [-0.3, -0.25) is 14.7 Å². The van der Waals surface area contributed by atoms with Crippen molar-refractivity contribution in [3.8, 4) is 0 Å². The molecule has 1 amide bonds. The van der Waals surface area contributed by atoms with Crippen molar-refractivity contribution in [3.63, 3.8) is 0 Å². The maximum Gasteiger partial charge on any atom is 0.254 e. The summed E-state index contributed by atoms with van der Waals surface area (Å²) >= 11 is 0. The van der Waals surface area contributed by atoms with E-state index in [-0.39, 0.29) is 18.3 Å². The van der Waals surface area contributed by atoms with Gasteiger partial charge in [0, 0.05) is 56.4 Å². The van der Waals surface area contributed by atoms with Crippen LogP contribution in [0.3, 0.4) is 0 Å². The molecule has 6 heteroatoms. The van der Waals surface area contributed by atoms with Crippen LogP contribution in [0.5, 0.6) is 0 Å². The van der Waals surface area contributed by atoms with Crippen LogP contribution in [0.25, 0.3) is 0 Å². The number of rotatable bonds is 3. The molecule has 1 aromatic carbocycles. The van der Waals surface area contributed by atoms with Crippen molar-refractivity contribution < 1.29 is 4.79 Å². The molecular weight excluding hydrogens is 312 g/mol. The number of benzene rings is 1. The van der Waals surface area contributed by atoms with Crippen molar-refractivity contribution in [1.29, 1.82) is 0 Å². The van der Waals surface area contributed by atoms with Gasteiger partial charge < -0.3 is 10.6 Å². The molecule has 0 saturated carbocycles. The maximum atomic E-state index is 12.5. The summed E-state index contributed by atoms with van der Waals surface area (Å²) in [5.74, 6) is 0.0656. The Kier molecular flexibility index (Phi) is 5.96. The molecular formula is C17H21ClN4O. The van der Waals surface area contributed by atoms with Gasteiger partial charge in [0.2, 0.25) is 0 Å². The first-order chi connectivity index (χ1) is 10.7. The highest BCUT2D eigenvalue weighted by Crippen LogP contribution is 2.13. The second kappa shape index (κ2) is 7.94. The number of piperazine rings is 1. The van der Waals surface area contributed by atoms with E-state index in [1.807, 2.05) is 41.6 Å². The number of aromatic nitrogens is 1. The number of nitrogens with zero attached hydrogens (tertiary/aromatic N) is 3. The third kappa shape index (κ3) is 4.43. The van der Waals surface area contributed by atoms with E-state index in [1.165, 1.54) is 5.56 Å². The molecule has 0 atom stereocenters. The molecule has 1 aliphatic heterocycles. The SMILES string of the molecule is Cl.Nc1cccc(C(=O)N2CCN(Cc3ccncc3)CC2)c1. The minimum Gasteiger partial charge on any atom is -0.399 e. The number of halogens is 1. The van der Waals surface area contributed by atoms with Crippen molar-refractivity contribution >= 4 is 24.0 Å². The molecule has 23 heavy (non-hydrogen) atoms. The minimum atomic E-state index is 0. The molecule has 122 valence electrons. The van der Waals surface area contributed by atoms with Gasteiger partial charge in [-0.25, -0.2) is 0 Å². The van der Waals surface area contributed by atoms with Crippen LogP contribution < -0.4 is 5.73 Å². The van der Waals surface area contributed by atoms with E-state index in [4.69, 9.17) is 5.73 Å². The van der Waals surface area contributed by atoms with E-state index in [2.05, 4.69) is 9.88 Å². The standard InChI is InChI=1S/C17H20N4O.ClH/c18-16-3-1-2-15(12-16)17(22)21-10-8-20(9-11-21)13-14-4-6-19-7-5-14;/h1-7,12H,8-11,13,18H2;1H. The van der Waals surface area contributed by atoms with Gasteiger partial charge in [-0.15, -0.1) is 12.4 Å². The monoisotopic (exact) mass is 332 g/mol. The van der Waals surface area contributed by atoms with Gasteiger partial charge >= 0.3 is 0 Å². The Hall–Kier alpha value is -2.11. The Labute approximate surface area is 142 Å². The molecule has 3 rings (SSSR count). The fraction of sp³-hybridized carbons (Fsp3) is 0.294. The molecule has 0 spiro atoms. The Morgan fingerprint density at radius 1 is 1.09 bits per heavy atom. The molecule has 0 radical (unpaired) electrons. The van der Waals surface area contributed by atoms with Crippen LogP contribution in [0.4, 0.5) is 5.69 Å². The van der Waals surface area contributed by atoms with Crippen LogP contribution in [0.1, 0.15) is 15.9 Å². The first-order valence-electron chi connectivity index (χ1n) is 7.48. The van der Waals surface area contributed by atoms with E-state index in [0.29, 0.717) is 11.3 Å². The summed E-state index contributed by atoms with van der Waals surface area (Å²) in [6.07, 6.45) is 3.63.